The molecule has 3 amide bonds. The van der Waals surface area contributed by atoms with Gasteiger partial charge in [-0.25, -0.2) is 0 Å². The molecule has 0 bridgehead atoms. The number of nitrogens with zero attached hydrogens (tertiary/aromatic N) is 2. The number of benzene rings is 3. The maximum Gasteiger partial charge on any atom is 0.258 e. The molecule has 1 aliphatic rings. The normalized spacial score (nSPS) is 14.0. The van der Waals surface area contributed by atoms with Crippen LogP contribution in [0, 0.1) is 0 Å². The van der Waals surface area contributed by atoms with E-state index in [1.54, 1.807) is 9.80 Å². The van der Waals surface area contributed by atoms with Gasteiger partial charge in [-0.3, -0.25) is 14.4 Å². The summed E-state index contributed by atoms with van der Waals surface area (Å²) in [5, 5.41) is 5.09. The third-order valence-electron chi connectivity index (χ3n) is 7.29. The molecule has 3 aromatic carbocycles. The minimum atomic E-state index is -0.517. The van der Waals surface area contributed by atoms with E-state index < -0.39 is 6.04 Å². The van der Waals surface area contributed by atoms with Crippen molar-refractivity contribution in [1.29, 1.82) is 0 Å². The lowest BCUT2D eigenvalue weighted by atomic mass is 10.1. The third-order valence-corrected chi connectivity index (χ3v) is 7.29. The Morgan fingerprint density at radius 3 is 2.38 bits per heavy atom. The number of hydrogen-bond donors (Lipinski definition) is 1. The van der Waals surface area contributed by atoms with Crippen LogP contribution in [0.5, 0.6) is 0 Å². The SMILES string of the molecule is CC[C@H](C)NC(=O)[C@H](CC)N(CCc1ccccc1)C(=O)CCCN1C(=O)c2cccc3cccc1c23. The second kappa shape index (κ2) is 12.0. The van der Waals surface area contributed by atoms with Crippen molar-refractivity contribution in [2.75, 3.05) is 18.0 Å². The van der Waals surface area contributed by atoms with Gasteiger partial charge in [0.05, 0.1) is 5.69 Å². The van der Waals surface area contributed by atoms with Gasteiger partial charge in [-0.2, -0.15) is 0 Å². The summed E-state index contributed by atoms with van der Waals surface area (Å²) in [5.41, 5.74) is 2.76. The molecule has 4 rings (SSSR count). The minimum absolute atomic E-state index is 0.0143. The molecule has 0 unspecified atom stereocenters. The van der Waals surface area contributed by atoms with Crippen LogP contribution in [-0.4, -0.2) is 47.8 Å². The number of hydrogen-bond acceptors (Lipinski definition) is 3. The Balaban J connectivity index is 1.45. The van der Waals surface area contributed by atoms with Crippen molar-refractivity contribution in [3.05, 3.63) is 77.9 Å². The zero-order valence-corrected chi connectivity index (χ0v) is 22.1. The highest BCUT2D eigenvalue weighted by atomic mass is 16.2. The average molecular weight is 500 g/mol. The summed E-state index contributed by atoms with van der Waals surface area (Å²) in [6.45, 7) is 6.89. The molecule has 0 saturated heterocycles. The van der Waals surface area contributed by atoms with Gasteiger partial charge in [0.25, 0.3) is 5.91 Å². The van der Waals surface area contributed by atoms with E-state index in [1.165, 1.54) is 0 Å². The van der Waals surface area contributed by atoms with E-state index in [9.17, 15) is 14.4 Å². The molecule has 2 atom stereocenters. The first kappa shape index (κ1) is 26.4. The van der Waals surface area contributed by atoms with Crippen molar-refractivity contribution in [1.82, 2.24) is 10.2 Å². The molecule has 0 aromatic heterocycles. The highest BCUT2D eigenvalue weighted by molar-refractivity contribution is 6.25. The summed E-state index contributed by atoms with van der Waals surface area (Å²) in [4.78, 5) is 43.3. The van der Waals surface area contributed by atoms with Gasteiger partial charge in [0.2, 0.25) is 11.8 Å². The van der Waals surface area contributed by atoms with E-state index >= 15 is 0 Å². The Hall–Kier alpha value is -3.67. The zero-order valence-electron chi connectivity index (χ0n) is 22.1. The van der Waals surface area contributed by atoms with E-state index in [0.717, 1.165) is 34.0 Å². The molecule has 0 saturated carbocycles. The quantitative estimate of drug-likeness (QED) is 0.365. The molecule has 1 aliphatic heterocycles. The number of nitrogens with one attached hydrogen (secondary N) is 1. The number of rotatable bonds is 12. The molecule has 0 aliphatic carbocycles. The Morgan fingerprint density at radius 1 is 0.946 bits per heavy atom. The third kappa shape index (κ3) is 5.85. The predicted molar refractivity (Wildman–Crippen MR) is 149 cm³/mol. The number of carbonyl (C=O) groups excluding carboxylic acids is 3. The van der Waals surface area contributed by atoms with Crippen LogP contribution in [0.3, 0.4) is 0 Å². The van der Waals surface area contributed by atoms with Crippen LogP contribution in [0.25, 0.3) is 10.8 Å². The van der Waals surface area contributed by atoms with Gasteiger partial charge in [-0.15, -0.1) is 0 Å². The number of amides is 3. The second-order valence-electron chi connectivity index (χ2n) is 9.81. The maximum absolute atomic E-state index is 13.5. The predicted octanol–water partition coefficient (Wildman–Crippen LogP) is 5.34. The van der Waals surface area contributed by atoms with Gasteiger partial charge in [-0.05, 0) is 55.7 Å². The zero-order chi connectivity index (χ0) is 26.4. The summed E-state index contributed by atoms with van der Waals surface area (Å²) in [6.07, 6.45) is 2.86. The van der Waals surface area contributed by atoms with Gasteiger partial charge >= 0.3 is 0 Å². The fourth-order valence-electron chi connectivity index (χ4n) is 5.07. The Kier molecular flexibility index (Phi) is 8.59. The molecule has 1 N–H and O–H groups in total. The van der Waals surface area contributed by atoms with Crippen LogP contribution in [0.4, 0.5) is 5.69 Å². The van der Waals surface area contributed by atoms with Crippen LogP contribution >= 0.6 is 0 Å². The smallest absolute Gasteiger partial charge is 0.258 e. The van der Waals surface area contributed by atoms with Crippen molar-refractivity contribution >= 4 is 34.2 Å². The van der Waals surface area contributed by atoms with Crippen LogP contribution in [0.1, 0.15) is 62.4 Å². The number of anilines is 1. The Bertz CT molecular complexity index is 1250. The van der Waals surface area contributed by atoms with Crippen LogP contribution in [0.15, 0.2) is 66.7 Å². The van der Waals surface area contributed by atoms with Crippen molar-refractivity contribution in [3.8, 4) is 0 Å². The Labute approximate surface area is 219 Å². The monoisotopic (exact) mass is 499 g/mol. The first-order valence-electron chi connectivity index (χ1n) is 13.4. The van der Waals surface area contributed by atoms with E-state index in [0.29, 0.717) is 32.4 Å². The number of carbonyl (C=O) groups is 3. The van der Waals surface area contributed by atoms with Crippen molar-refractivity contribution < 1.29 is 14.4 Å². The largest absolute Gasteiger partial charge is 0.352 e. The Morgan fingerprint density at radius 2 is 1.68 bits per heavy atom. The molecule has 6 heteroatoms. The topological polar surface area (TPSA) is 69.7 Å². The lowest BCUT2D eigenvalue weighted by molar-refractivity contribution is -0.141. The summed E-state index contributed by atoms with van der Waals surface area (Å²) in [7, 11) is 0. The van der Waals surface area contributed by atoms with Crippen LogP contribution in [-0.2, 0) is 16.0 Å². The van der Waals surface area contributed by atoms with Gasteiger partial charge in [0, 0.05) is 36.5 Å². The summed E-state index contributed by atoms with van der Waals surface area (Å²) >= 11 is 0. The van der Waals surface area contributed by atoms with Gasteiger partial charge < -0.3 is 15.1 Å². The molecule has 1 heterocycles. The average Bonchev–Trinajstić information content (AvgIpc) is 3.19. The first-order valence-corrected chi connectivity index (χ1v) is 13.4. The summed E-state index contributed by atoms with van der Waals surface area (Å²) in [5.74, 6) is -0.167. The molecular weight excluding hydrogens is 462 g/mol. The minimum Gasteiger partial charge on any atom is -0.352 e. The molecule has 194 valence electrons. The lowest BCUT2D eigenvalue weighted by Gasteiger charge is -2.31. The van der Waals surface area contributed by atoms with Crippen molar-refractivity contribution in [3.63, 3.8) is 0 Å². The highest BCUT2D eigenvalue weighted by Crippen LogP contribution is 2.37. The highest BCUT2D eigenvalue weighted by Gasteiger charge is 2.31. The lowest BCUT2D eigenvalue weighted by Crippen LogP contribution is -2.51. The van der Waals surface area contributed by atoms with E-state index in [1.807, 2.05) is 87.5 Å². The molecule has 37 heavy (non-hydrogen) atoms. The molecular formula is C31H37N3O3. The van der Waals surface area contributed by atoms with Crippen LogP contribution < -0.4 is 10.2 Å². The molecule has 0 radical (unpaired) electrons. The molecule has 6 nitrogen and oxygen atoms in total. The maximum atomic E-state index is 13.5. The van der Waals surface area contributed by atoms with Gasteiger partial charge in [0.1, 0.15) is 6.04 Å². The fraction of sp³-hybridized carbons (Fsp3) is 0.387. The van der Waals surface area contributed by atoms with E-state index in [-0.39, 0.29) is 30.2 Å². The second-order valence-corrected chi connectivity index (χ2v) is 9.81. The van der Waals surface area contributed by atoms with Crippen molar-refractivity contribution in [2.45, 2.75) is 65.0 Å². The molecule has 0 fully saturated rings. The summed E-state index contributed by atoms with van der Waals surface area (Å²) < 4.78 is 0. The first-order chi connectivity index (χ1) is 17.9. The standard InChI is InChI=1S/C31H37N3O3/c1-4-22(3)32-30(36)26(5-2)33(21-19-23-12-7-6-8-13-23)28(35)18-11-20-34-27-17-10-15-24-14-9-16-25(29(24)27)31(34)37/h6-10,12-17,22,26H,4-5,11,18-21H2,1-3H3,(H,32,36)/t22-,26-/m0/s1. The molecule has 0 spiro atoms. The summed E-state index contributed by atoms with van der Waals surface area (Å²) in [6, 6.07) is 21.3. The van der Waals surface area contributed by atoms with Gasteiger partial charge in [-0.1, -0.05) is 68.4 Å². The van der Waals surface area contributed by atoms with Crippen molar-refractivity contribution in [2.24, 2.45) is 0 Å². The van der Waals surface area contributed by atoms with E-state index in [2.05, 4.69) is 5.32 Å². The van der Waals surface area contributed by atoms with E-state index in [4.69, 9.17) is 0 Å². The fourth-order valence-corrected chi connectivity index (χ4v) is 5.07. The van der Waals surface area contributed by atoms with Crippen LogP contribution in [0.2, 0.25) is 0 Å². The van der Waals surface area contributed by atoms with Gasteiger partial charge in [0.15, 0.2) is 0 Å². The molecule has 3 aromatic rings.